The molecule has 2 rings (SSSR count). The summed E-state index contributed by atoms with van der Waals surface area (Å²) in [6.07, 6.45) is 0.428. The maximum Gasteiger partial charge on any atom is 0.124 e. The van der Waals surface area contributed by atoms with E-state index in [-0.39, 0.29) is 5.82 Å². The highest BCUT2D eigenvalue weighted by molar-refractivity contribution is 7.99. The summed E-state index contributed by atoms with van der Waals surface area (Å²) >= 11 is 1.46. The number of thioether (sulfide) groups is 1. The Hall–Kier alpha value is -1.32. The molecule has 0 fully saturated rings. The Morgan fingerprint density at radius 1 is 1.16 bits per heavy atom. The largest absolute Gasteiger partial charge is 0.388 e. The molecule has 0 amide bonds. The first kappa shape index (κ1) is 14.1. The molecule has 1 atom stereocenters. The molecule has 0 aromatic heterocycles. The second kappa shape index (κ2) is 6.73. The summed E-state index contributed by atoms with van der Waals surface area (Å²) in [4.78, 5) is 0.839. The van der Waals surface area contributed by atoms with Gasteiger partial charge >= 0.3 is 0 Å². The molecule has 1 unspecified atom stereocenters. The molecule has 1 N–H and O–H groups in total. The number of halogens is 1. The third kappa shape index (κ3) is 4.08. The van der Waals surface area contributed by atoms with Crippen molar-refractivity contribution in [1.82, 2.24) is 0 Å². The standard InChI is InChI=1S/C16H17FOS/c1-2-12-5-3-6-13(9-12)16(18)11-19-15-8-4-7-14(17)10-15/h3-10,16,18H,2,11H2,1H3. The summed E-state index contributed by atoms with van der Waals surface area (Å²) in [6.45, 7) is 2.09. The Bertz CT molecular complexity index is 542. The van der Waals surface area contributed by atoms with E-state index in [1.807, 2.05) is 24.3 Å². The van der Waals surface area contributed by atoms with Gasteiger partial charge in [-0.05, 0) is 35.7 Å². The third-order valence-corrected chi connectivity index (χ3v) is 4.02. The molecular formula is C16H17FOS. The molecule has 2 aromatic carbocycles. The van der Waals surface area contributed by atoms with Crippen LogP contribution in [0.3, 0.4) is 0 Å². The molecule has 0 heterocycles. The topological polar surface area (TPSA) is 20.2 Å². The maximum atomic E-state index is 13.0. The van der Waals surface area contributed by atoms with Gasteiger partial charge in [-0.1, -0.05) is 37.3 Å². The summed E-state index contributed by atoms with van der Waals surface area (Å²) in [6, 6.07) is 14.4. The van der Waals surface area contributed by atoms with E-state index in [2.05, 4.69) is 13.0 Å². The number of hydrogen-bond acceptors (Lipinski definition) is 2. The Morgan fingerprint density at radius 2 is 1.95 bits per heavy atom. The van der Waals surface area contributed by atoms with Crippen LogP contribution in [-0.2, 0) is 6.42 Å². The minimum absolute atomic E-state index is 0.243. The summed E-state index contributed by atoms with van der Waals surface area (Å²) in [5.74, 6) is 0.281. The van der Waals surface area contributed by atoms with Gasteiger partial charge in [-0.2, -0.15) is 0 Å². The number of aliphatic hydroxyl groups excluding tert-OH is 1. The van der Waals surface area contributed by atoms with Crippen LogP contribution in [0.15, 0.2) is 53.4 Å². The smallest absolute Gasteiger partial charge is 0.124 e. The first-order valence-corrected chi connectivity index (χ1v) is 7.33. The second-order valence-corrected chi connectivity index (χ2v) is 5.48. The minimum Gasteiger partial charge on any atom is -0.388 e. The molecule has 19 heavy (non-hydrogen) atoms. The summed E-state index contributed by atoms with van der Waals surface area (Å²) in [5, 5.41) is 10.2. The molecule has 0 bridgehead atoms. The molecule has 0 saturated heterocycles. The first-order chi connectivity index (χ1) is 9.19. The number of benzene rings is 2. The van der Waals surface area contributed by atoms with Crippen LogP contribution in [-0.4, -0.2) is 10.9 Å². The summed E-state index contributed by atoms with van der Waals surface area (Å²) in [5.41, 5.74) is 2.13. The number of aryl methyl sites for hydroxylation is 1. The van der Waals surface area contributed by atoms with Crippen molar-refractivity contribution >= 4 is 11.8 Å². The highest BCUT2D eigenvalue weighted by Crippen LogP contribution is 2.25. The zero-order valence-electron chi connectivity index (χ0n) is 10.8. The van der Waals surface area contributed by atoms with Gasteiger partial charge in [-0.3, -0.25) is 0 Å². The maximum absolute atomic E-state index is 13.0. The number of aliphatic hydroxyl groups is 1. The SMILES string of the molecule is CCc1cccc(C(O)CSc2cccc(F)c2)c1. The molecule has 0 aliphatic carbocycles. The van der Waals surface area contributed by atoms with Crippen molar-refractivity contribution in [3.8, 4) is 0 Å². The molecule has 0 spiro atoms. The number of hydrogen-bond donors (Lipinski definition) is 1. The molecule has 0 radical (unpaired) electrons. The zero-order valence-corrected chi connectivity index (χ0v) is 11.7. The van der Waals surface area contributed by atoms with Gasteiger partial charge in [0.15, 0.2) is 0 Å². The quantitative estimate of drug-likeness (QED) is 0.825. The fourth-order valence-corrected chi connectivity index (χ4v) is 2.76. The highest BCUT2D eigenvalue weighted by atomic mass is 32.2. The van der Waals surface area contributed by atoms with Crippen LogP contribution in [0.1, 0.15) is 24.2 Å². The van der Waals surface area contributed by atoms with Crippen LogP contribution in [0.4, 0.5) is 4.39 Å². The predicted octanol–water partition coefficient (Wildman–Crippen LogP) is 4.21. The Morgan fingerprint density at radius 3 is 2.68 bits per heavy atom. The summed E-state index contributed by atoms with van der Waals surface area (Å²) in [7, 11) is 0. The second-order valence-electron chi connectivity index (χ2n) is 4.38. The third-order valence-electron chi connectivity index (χ3n) is 2.95. The average molecular weight is 276 g/mol. The van der Waals surface area contributed by atoms with E-state index in [0.717, 1.165) is 16.9 Å². The molecule has 100 valence electrons. The van der Waals surface area contributed by atoms with Gasteiger partial charge in [0.05, 0.1) is 6.10 Å². The van der Waals surface area contributed by atoms with E-state index < -0.39 is 6.10 Å². The molecule has 0 aliphatic rings. The van der Waals surface area contributed by atoms with Crippen molar-refractivity contribution in [2.75, 3.05) is 5.75 Å². The molecule has 2 aromatic rings. The lowest BCUT2D eigenvalue weighted by Gasteiger charge is -2.12. The van der Waals surface area contributed by atoms with Crippen molar-refractivity contribution in [3.63, 3.8) is 0 Å². The molecule has 3 heteroatoms. The van der Waals surface area contributed by atoms with Gasteiger partial charge in [0.25, 0.3) is 0 Å². The highest BCUT2D eigenvalue weighted by Gasteiger charge is 2.08. The van der Waals surface area contributed by atoms with Crippen molar-refractivity contribution in [2.24, 2.45) is 0 Å². The lowest BCUT2D eigenvalue weighted by atomic mass is 10.1. The van der Waals surface area contributed by atoms with Gasteiger partial charge in [-0.15, -0.1) is 11.8 Å². The molecule has 0 aliphatic heterocycles. The van der Waals surface area contributed by atoms with E-state index in [4.69, 9.17) is 0 Å². The van der Waals surface area contributed by atoms with Crippen molar-refractivity contribution in [1.29, 1.82) is 0 Å². The molecule has 0 saturated carbocycles. The van der Waals surface area contributed by atoms with Crippen LogP contribution in [0.2, 0.25) is 0 Å². The molecular weight excluding hydrogens is 259 g/mol. The average Bonchev–Trinajstić information content (AvgIpc) is 2.45. The Kier molecular flexibility index (Phi) is 5.00. The van der Waals surface area contributed by atoms with Crippen LogP contribution in [0.25, 0.3) is 0 Å². The van der Waals surface area contributed by atoms with E-state index in [9.17, 15) is 9.50 Å². The van der Waals surface area contributed by atoms with Gasteiger partial charge in [0.1, 0.15) is 5.82 Å². The van der Waals surface area contributed by atoms with Crippen molar-refractivity contribution in [3.05, 3.63) is 65.5 Å². The Balaban J connectivity index is 1.99. The number of rotatable bonds is 5. The van der Waals surface area contributed by atoms with Crippen LogP contribution in [0, 0.1) is 5.82 Å². The van der Waals surface area contributed by atoms with E-state index >= 15 is 0 Å². The van der Waals surface area contributed by atoms with Gasteiger partial charge in [0.2, 0.25) is 0 Å². The van der Waals surface area contributed by atoms with Crippen LogP contribution >= 0.6 is 11.8 Å². The lowest BCUT2D eigenvalue weighted by molar-refractivity contribution is 0.204. The zero-order chi connectivity index (χ0) is 13.7. The van der Waals surface area contributed by atoms with Gasteiger partial charge in [-0.25, -0.2) is 4.39 Å². The van der Waals surface area contributed by atoms with Crippen LogP contribution < -0.4 is 0 Å². The van der Waals surface area contributed by atoms with E-state index in [0.29, 0.717) is 5.75 Å². The first-order valence-electron chi connectivity index (χ1n) is 6.34. The van der Waals surface area contributed by atoms with Crippen LogP contribution in [0.5, 0.6) is 0 Å². The fourth-order valence-electron chi connectivity index (χ4n) is 1.85. The minimum atomic E-state index is -0.528. The lowest BCUT2D eigenvalue weighted by Crippen LogP contribution is -2.01. The molecule has 1 nitrogen and oxygen atoms in total. The van der Waals surface area contributed by atoms with E-state index in [1.54, 1.807) is 6.07 Å². The van der Waals surface area contributed by atoms with Crippen molar-refractivity contribution < 1.29 is 9.50 Å². The monoisotopic (exact) mass is 276 g/mol. The van der Waals surface area contributed by atoms with Gasteiger partial charge in [0, 0.05) is 10.6 Å². The summed E-state index contributed by atoms with van der Waals surface area (Å²) < 4.78 is 13.0. The fraction of sp³-hybridized carbons (Fsp3) is 0.250. The van der Waals surface area contributed by atoms with Gasteiger partial charge < -0.3 is 5.11 Å². The predicted molar refractivity (Wildman–Crippen MR) is 77.9 cm³/mol. The Labute approximate surface area is 117 Å². The van der Waals surface area contributed by atoms with E-state index in [1.165, 1.54) is 29.5 Å². The normalized spacial score (nSPS) is 12.4. The van der Waals surface area contributed by atoms with Crippen molar-refractivity contribution in [2.45, 2.75) is 24.3 Å².